The molecule has 2 rings (SSSR count). The predicted molar refractivity (Wildman–Crippen MR) is 107 cm³/mol. The van der Waals surface area contributed by atoms with Crippen LogP contribution in [0.15, 0.2) is 72.4 Å². The molecule has 0 saturated carbocycles. The average molecular weight is 366 g/mol. The average Bonchev–Trinajstić information content (AvgIpc) is 2.66. The lowest BCUT2D eigenvalue weighted by atomic mass is 9.88. The summed E-state index contributed by atoms with van der Waals surface area (Å²) in [5.74, 6) is -0.443. The summed E-state index contributed by atoms with van der Waals surface area (Å²) >= 11 is 0. The first-order valence-corrected chi connectivity index (χ1v) is 9.13. The first kappa shape index (κ1) is 20.4. The van der Waals surface area contributed by atoms with Crippen LogP contribution in [0.2, 0.25) is 0 Å². The van der Waals surface area contributed by atoms with Crippen LogP contribution in [0.4, 0.5) is 0 Å². The van der Waals surface area contributed by atoms with E-state index in [1.54, 1.807) is 25.1 Å². The fourth-order valence-electron chi connectivity index (χ4n) is 3.03. The van der Waals surface area contributed by atoms with Crippen molar-refractivity contribution in [2.24, 2.45) is 0 Å². The van der Waals surface area contributed by atoms with Gasteiger partial charge in [-0.3, -0.25) is 14.9 Å². The third-order valence-electron chi connectivity index (χ3n) is 4.42. The monoisotopic (exact) mass is 366 g/mol. The highest BCUT2D eigenvalue weighted by Crippen LogP contribution is 2.28. The molecule has 1 N–H and O–H groups in total. The molecular weight excluding hydrogens is 340 g/mol. The minimum Gasteiger partial charge on any atom is -0.386 e. The number of allylic oxidation sites excluding steroid dienone is 2. The van der Waals surface area contributed by atoms with Gasteiger partial charge in [-0.25, -0.2) is 0 Å². The third kappa shape index (κ3) is 6.06. The number of benzene rings is 2. The van der Waals surface area contributed by atoms with Gasteiger partial charge in [-0.1, -0.05) is 60.7 Å². The smallest absolute Gasteiger partial charge is 0.217 e. The molecule has 0 aliphatic carbocycles. The van der Waals surface area contributed by atoms with Crippen LogP contribution < -0.4 is 5.32 Å². The van der Waals surface area contributed by atoms with Crippen LogP contribution in [0.5, 0.6) is 0 Å². The molecule has 0 heterocycles. The summed E-state index contributed by atoms with van der Waals surface area (Å²) < 4.78 is 0. The van der Waals surface area contributed by atoms with Crippen molar-refractivity contribution in [1.82, 2.24) is 5.32 Å². The summed E-state index contributed by atoms with van der Waals surface area (Å²) in [4.78, 5) is 23.8. The van der Waals surface area contributed by atoms with Crippen LogP contribution >= 0.6 is 0 Å². The van der Waals surface area contributed by atoms with Crippen LogP contribution in [0.25, 0.3) is 0 Å². The Morgan fingerprint density at radius 3 is 2.11 bits per heavy atom. The Morgan fingerprint density at radius 2 is 1.59 bits per heavy atom. The van der Waals surface area contributed by atoms with Crippen LogP contribution in [0.1, 0.15) is 49.0 Å². The largest absolute Gasteiger partial charge is 0.386 e. The van der Waals surface area contributed by atoms with Gasteiger partial charge in [0.25, 0.3) is 0 Å². The molecule has 2 atom stereocenters. The maximum absolute atomic E-state index is 12.6. The number of nitrogens with zero attached hydrogens (tertiary/aromatic N) is 1. The minimum absolute atomic E-state index is 0.112. The SMILES string of the molecule is CC(C)N/C(=C\C(=O)c1ccccc1)CC(c1ccccc1)C(C)[N+](=O)[O-]. The molecule has 0 aromatic heterocycles. The van der Waals surface area contributed by atoms with Crippen LogP contribution in [-0.2, 0) is 0 Å². The zero-order valence-corrected chi connectivity index (χ0v) is 16.0. The predicted octanol–water partition coefficient (Wildman–Crippen LogP) is 4.59. The van der Waals surface area contributed by atoms with Gasteiger partial charge in [-0.2, -0.15) is 0 Å². The molecule has 0 fully saturated rings. The molecule has 0 spiro atoms. The van der Waals surface area contributed by atoms with Crippen molar-refractivity contribution in [2.45, 2.75) is 45.2 Å². The Bertz CT molecular complexity index is 786. The molecular formula is C22H26N2O3. The van der Waals surface area contributed by atoms with Crippen molar-refractivity contribution in [3.63, 3.8) is 0 Å². The van der Waals surface area contributed by atoms with E-state index in [2.05, 4.69) is 5.32 Å². The lowest BCUT2D eigenvalue weighted by molar-refractivity contribution is -0.522. The summed E-state index contributed by atoms with van der Waals surface area (Å²) in [6.45, 7) is 5.58. The molecule has 0 amide bonds. The highest BCUT2D eigenvalue weighted by atomic mass is 16.6. The van der Waals surface area contributed by atoms with E-state index in [1.807, 2.05) is 62.4 Å². The number of nitrogens with one attached hydrogen (secondary N) is 1. The van der Waals surface area contributed by atoms with Crippen molar-refractivity contribution < 1.29 is 9.72 Å². The fraction of sp³-hybridized carbons (Fsp3) is 0.318. The molecule has 5 nitrogen and oxygen atoms in total. The molecule has 27 heavy (non-hydrogen) atoms. The normalized spacial score (nSPS) is 13.9. The minimum atomic E-state index is -0.767. The second-order valence-electron chi connectivity index (χ2n) is 6.95. The molecule has 2 unspecified atom stereocenters. The molecule has 2 aromatic rings. The summed E-state index contributed by atoms with van der Waals surface area (Å²) in [6, 6.07) is 17.8. The Kier molecular flexibility index (Phi) is 7.29. The second kappa shape index (κ2) is 9.67. The van der Waals surface area contributed by atoms with E-state index in [1.165, 1.54) is 0 Å². The van der Waals surface area contributed by atoms with Gasteiger partial charge in [0.15, 0.2) is 5.78 Å². The summed E-state index contributed by atoms with van der Waals surface area (Å²) in [5.41, 5.74) is 2.20. The molecule has 142 valence electrons. The maximum atomic E-state index is 12.6. The van der Waals surface area contributed by atoms with Gasteiger partial charge < -0.3 is 5.32 Å². The van der Waals surface area contributed by atoms with Gasteiger partial charge in [0.2, 0.25) is 6.04 Å². The number of carbonyl (C=O) groups excluding carboxylic acids is 1. The van der Waals surface area contributed by atoms with Crippen LogP contribution in [0.3, 0.4) is 0 Å². The quantitative estimate of drug-likeness (QED) is 0.305. The number of ketones is 1. The van der Waals surface area contributed by atoms with Gasteiger partial charge in [-0.15, -0.1) is 0 Å². The lowest BCUT2D eigenvalue weighted by Crippen LogP contribution is -2.29. The number of carbonyl (C=O) groups is 1. The Labute approximate surface area is 160 Å². The highest BCUT2D eigenvalue weighted by Gasteiger charge is 2.29. The Balaban J connectivity index is 2.34. The van der Waals surface area contributed by atoms with E-state index in [0.29, 0.717) is 17.7 Å². The number of hydrogen-bond donors (Lipinski definition) is 1. The second-order valence-corrected chi connectivity index (χ2v) is 6.95. The summed E-state index contributed by atoms with van der Waals surface area (Å²) in [6.07, 6.45) is 1.96. The van der Waals surface area contributed by atoms with Crippen molar-refractivity contribution >= 4 is 5.78 Å². The summed E-state index contributed by atoms with van der Waals surface area (Å²) in [7, 11) is 0. The van der Waals surface area contributed by atoms with E-state index in [0.717, 1.165) is 5.56 Å². The van der Waals surface area contributed by atoms with Crippen molar-refractivity contribution in [1.29, 1.82) is 0 Å². The summed E-state index contributed by atoms with van der Waals surface area (Å²) in [5, 5.41) is 14.8. The van der Waals surface area contributed by atoms with E-state index in [-0.39, 0.29) is 22.7 Å². The van der Waals surface area contributed by atoms with Gasteiger partial charge >= 0.3 is 0 Å². The van der Waals surface area contributed by atoms with E-state index in [9.17, 15) is 14.9 Å². The molecule has 0 aliphatic rings. The van der Waals surface area contributed by atoms with E-state index >= 15 is 0 Å². The van der Waals surface area contributed by atoms with Gasteiger partial charge in [-0.05, 0) is 19.4 Å². The van der Waals surface area contributed by atoms with E-state index < -0.39 is 6.04 Å². The molecule has 5 heteroatoms. The molecule has 0 saturated heterocycles. The maximum Gasteiger partial charge on any atom is 0.217 e. The van der Waals surface area contributed by atoms with Gasteiger partial charge in [0.1, 0.15) is 0 Å². The van der Waals surface area contributed by atoms with Gasteiger partial charge in [0, 0.05) is 41.6 Å². The van der Waals surface area contributed by atoms with Gasteiger partial charge in [0.05, 0.1) is 5.92 Å². The van der Waals surface area contributed by atoms with Crippen molar-refractivity contribution in [3.05, 3.63) is 93.7 Å². The standard InChI is InChI=1S/C22H26N2O3/c1-16(2)23-20(15-22(25)19-12-8-5-9-13-19)14-21(17(3)24(26)27)18-10-6-4-7-11-18/h4-13,15-17,21,23H,14H2,1-3H3/b20-15-. The zero-order chi connectivity index (χ0) is 19.8. The Morgan fingerprint density at radius 1 is 1.04 bits per heavy atom. The number of nitro groups is 1. The fourth-order valence-corrected chi connectivity index (χ4v) is 3.03. The third-order valence-corrected chi connectivity index (χ3v) is 4.42. The topological polar surface area (TPSA) is 72.2 Å². The zero-order valence-electron chi connectivity index (χ0n) is 16.0. The molecule has 0 aliphatic heterocycles. The highest BCUT2D eigenvalue weighted by molar-refractivity contribution is 6.04. The van der Waals surface area contributed by atoms with Crippen LogP contribution in [-0.4, -0.2) is 22.8 Å². The molecule has 0 bridgehead atoms. The Hall–Kier alpha value is -2.95. The molecule has 0 radical (unpaired) electrons. The first-order valence-electron chi connectivity index (χ1n) is 9.13. The van der Waals surface area contributed by atoms with E-state index in [4.69, 9.17) is 0 Å². The van der Waals surface area contributed by atoms with Crippen LogP contribution in [0, 0.1) is 10.1 Å². The number of rotatable bonds is 9. The lowest BCUT2D eigenvalue weighted by Gasteiger charge is -2.22. The van der Waals surface area contributed by atoms with Crippen molar-refractivity contribution in [3.8, 4) is 0 Å². The molecule has 2 aromatic carbocycles. The number of hydrogen-bond acceptors (Lipinski definition) is 4. The first-order chi connectivity index (χ1) is 12.9. The van der Waals surface area contributed by atoms with Crippen molar-refractivity contribution in [2.75, 3.05) is 0 Å².